The summed E-state index contributed by atoms with van der Waals surface area (Å²) in [7, 11) is 3.43. The number of carbonyl (C=O) groups excluding carboxylic acids is 2. The minimum absolute atomic E-state index is 0.0772. The van der Waals surface area contributed by atoms with Crippen molar-refractivity contribution in [2.24, 2.45) is 14.1 Å². The Morgan fingerprint density at radius 2 is 1.65 bits per heavy atom. The number of fused-ring (bicyclic) bond motifs is 1. The highest BCUT2D eigenvalue weighted by Crippen LogP contribution is 2.39. The van der Waals surface area contributed by atoms with Gasteiger partial charge in [-0.25, -0.2) is 4.79 Å². The average molecular weight is 473 g/mol. The van der Waals surface area contributed by atoms with Crippen LogP contribution in [-0.4, -0.2) is 31.6 Å². The normalized spacial score (nSPS) is 15.8. The molecule has 1 atom stereocenters. The summed E-state index contributed by atoms with van der Waals surface area (Å²) < 4.78 is 3.13. The number of aryl methyl sites for hydroxylation is 2. The first-order valence-corrected chi connectivity index (χ1v) is 12.0. The van der Waals surface area contributed by atoms with Crippen LogP contribution in [0.15, 0.2) is 77.6 Å². The van der Waals surface area contributed by atoms with Crippen LogP contribution in [-0.2, 0) is 25.4 Å². The second-order valence-corrected chi connectivity index (χ2v) is 9.42. The molecule has 1 fully saturated rings. The number of hydrogen-bond acceptors (Lipinski definition) is 4. The van der Waals surface area contributed by atoms with Crippen molar-refractivity contribution in [3.63, 3.8) is 0 Å². The highest BCUT2D eigenvalue weighted by molar-refractivity contribution is 8.00. The number of thioether (sulfide) groups is 1. The third kappa shape index (κ3) is 4.01. The van der Waals surface area contributed by atoms with E-state index in [0.717, 1.165) is 22.2 Å². The number of amides is 2. The van der Waals surface area contributed by atoms with Gasteiger partial charge in [0.1, 0.15) is 5.37 Å². The van der Waals surface area contributed by atoms with Gasteiger partial charge in [0.2, 0.25) is 5.91 Å². The third-order valence-corrected chi connectivity index (χ3v) is 7.41. The molecule has 0 saturated carbocycles. The van der Waals surface area contributed by atoms with E-state index in [0.29, 0.717) is 23.5 Å². The second kappa shape index (κ2) is 8.87. The zero-order valence-electron chi connectivity index (χ0n) is 18.9. The molecule has 1 aliphatic heterocycles. The van der Waals surface area contributed by atoms with Gasteiger partial charge in [-0.1, -0.05) is 42.5 Å². The highest BCUT2D eigenvalue weighted by atomic mass is 32.2. The van der Waals surface area contributed by atoms with Gasteiger partial charge in [-0.3, -0.25) is 18.7 Å². The monoisotopic (exact) mass is 472 g/mol. The van der Waals surface area contributed by atoms with Crippen LogP contribution in [0.4, 0.5) is 5.69 Å². The fraction of sp³-hybridized carbons (Fsp3) is 0.192. The summed E-state index contributed by atoms with van der Waals surface area (Å²) in [4.78, 5) is 39.4. The molecule has 3 aromatic carbocycles. The Balaban J connectivity index is 1.32. The number of benzene rings is 3. The lowest BCUT2D eigenvalue weighted by Crippen LogP contribution is -2.27. The molecule has 1 saturated heterocycles. The Morgan fingerprint density at radius 1 is 0.941 bits per heavy atom. The molecule has 172 valence electrons. The number of rotatable bonds is 5. The van der Waals surface area contributed by atoms with Crippen molar-refractivity contribution in [2.75, 3.05) is 11.1 Å². The molecule has 8 heteroatoms. The van der Waals surface area contributed by atoms with E-state index in [1.807, 2.05) is 53.4 Å². The lowest BCUT2D eigenvalue weighted by atomic mass is 10.1. The molecule has 4 aromatic rings. The summed E-state index contributed by atoms with van der Waals surface area (Å²) in [6.45, 7) is 0.560. The van der Waals surface area contributed by atoms with Crippen LogP contribution >= 0.6 is 11.8 Å². The predicted molar refractivity (Wildman–Crippen MR) is 135 cm³/mol. The SMILES string of the molecule is Cn1c(=O)n(C)c2cc(NC(=O)c3ccc([C@H]4SCC(=O)N4Cc4ccccc4)cc3)ccc21. The van der Waals surface area contributed by atoms with E-state index < -0.39 is 0 Å². The van der Waals surface area contributed by atoms with Crippen LogP contribution in [0.2, 0.25) is 0 Å². The largest absolute Gasteiger partial charge is 0.328 e. The minimum Gasteiger partial charge on any atom is -0.322 e. The molecule has 1 N–H and O–H groups in total. The van der Waals surface area contributed by atoms with Crippen molar-refractivity contribution in [1.82, 2.24) is 14.0 Å². The fourth-order valence-corrected chi connectivity index (χ4v) is 5.46. The average Bonchev–Trinajstić information content (AvgIpc) is 3.32. The number of carbonyl (C=O) groups is 2. The molecule has 0 unspecified atom stereocenters. The first-order chi connectivity index (χ1) is 16.4. The van der Waals surface area contributed by atoms with Crippen molar-refractivity contribution in [2.45, 2.75) is 11.9 Å². The maximum Gasteiger partial charge on any atom is 0.328 e. The lowest BCUT2D eigenvalue weighted by Gasteiger charge is -2.24. The molecule has 5 rings (SSSR count). The number of nitrogens with zero attached hydrogens (tertiary/aromatic N) is 3. The van der Waals surface area contributed by atoms with E-state index in [1.165, 1.54) is 0 Å². The third-order valence-electron chi connectivity index (χ3n) is 6.15. The van der Waals surface area contributed by atoms with Gasteiger partial charge in [0.15, 0.2) is 0 Å². The van der Waals surface area contributed by atoms with Gasteiger partial charge in [-0.2, -0.15) is 0 Å². The predicted octanol–water partition coefficient (Wildman–Crippen LogP) is 3.90. The van der Waals surface area contributed by atoms with Gasteiger partial charge in [-0.15, -0.1) is 11.8 Å². The van der Waals surface area contributed by atoms with Gasteiger partial charge >= 0.3 is 5.69 Å². The van der Waals surface area contributed by atoms with E-state index in [4.69, 9.17) is 0 Å². The Hall–Kier alpha value is -3.78. The smallest absolute Gasteiger partial charge is 0.322 e. The molecule has 1 aliphatic rings. The topological polar surface area (TPSA) is 76.3 Å². The zero-order valence-corrected chi connectivity index (χ0v) is 19.7. The molecule has 2 heterocycles. The van der Waals surface area contributed by atoms with Crippen molar-refractivity contribution < 1.29 is 9.59 Å². The van der Waals surface area contributed by atoms with Crippen molar-refractivity contribution in [1.29, 1.82) is 0 Å². The number of anilines is 1. The van der Waals surface area contributed by atoms with Crippen molar-refractivity contribution in [3.8, 4) is 0 Å². The fourth-order valence-electron chi connectivity index (χ4n) is 4.27. The Bertz CT molecular complexity index is 1440. The molecule has 0 aliphatic carbocycles. The van der Waals surface area contributed by atoms with Gasteiger partial charge in [0.05, 0.1) is 16.8 Å². The van der Waals surface area contributed by atoms with Gasteiger partial charge in [0.25, 0.3) is 5.91 Å². The summed E-state index contributed by atoms with van der Waals surface area (Å²) in [5.74, 6) is 0.332. The van der Waals surface area contributed by atoms with Crippen molar-refractivity contribution in [3.05, 3.63) is 100.0 Å². The van der Waals surface area contributed by atoms with E-state index in [2.05, 4.69) is 5.32 Å². The molecular formula is C26H24N4O3S. The molecule has 0 radical (unpaired) electrons. The highest BCUT2D eigenvalue weighted by Gasteiger charge is 2.32. The second-order valence-electron chi connectivity index (χ2n) is 8.35. The molecule has 1 aromatic heterocycles. The molecule has 2 amide bonds. The standard InChI is InChI=1S/C26H24N4O3S/c1-28-21-13-12-20(14-22(21)29(2)26(28)33)27-24(32)18-8-10-19(11-9-18)25-30(23(31)16-34-25)15-17-6-4-3-5-7-17/h3-14,25H,15-16H2,1-2H3,(H,27,32)/t25-/m1/s1. The molecular weight excluding hydrogens is 448 g/mol. The number of hydrogen-bond donors (Lipinski definition) is 1. The maximum absolute atomic E-state index is 12.8. The van der Waals surface area contributed by atoms with E-state index in [1.54, 1.807) is 59.3 Å². The number of aromatic nitrogens is 2. The summed E-state index contributed by atoms with van der Waals surface area (Å²) in [5, 5.41) is 2.83. The Kier molecular flexibility index (Phi) is 5.75. The molecule has 7 nitrogen and oxygen atoms in total. The first kappa shape index (κ1) is 22.0. The quantitative estimate of drug-likeness (QED) is 0.478. The Morgan fingerprint density at radius 3 is 2.38 bits per heavy atom. The summed E-state index contributed by atoms with van der Waals surface area (Å²) in [6.07, 6.45) is 0. The molecule has 34 heavy (non-hydrogen) atoms. The lowest BCUT2D eigenvalue weighted by molar-refractivity contribution is -0.128. The van der Waals surface area contributed by atoms with Gasteiger partial charge < -0.3 is 10.2 Å². The van der Waals surface area contributed by atoms with E-state index >= 15 is 0 Å². The Labute approximate surface area is 201 Å². The maximum atomic E-state index is 12.8. The van der Waals surface area contributed by atoms with E-state index in [-0.39, 0.29) is 22.9 Å². The van der Waals surface area contributed by atoms with Gasteiger partial charge in [0, 0.05) is 31.9 Å². The van der Waals surface area contributed by atoms with Crippen LogP contribution in [0.1, 0.15) is 26.9 Å². The number of nitrogens with one attached hydrogen (secondary N) is 1. The van der Waals surface area contributed by atoms with Crippen LogP contribution in [0, 0.1) is 0 Å². The van der Waals surface area contributed by atoms with Gasteiger partial charge in [-0.05, 0) is 41.5 Å². The zero-order chi connectivity index (χ0) is 23.8. The summed E-state index contributed by atoms with van der Waals surface area (Å²) >= 11 is 1.60. The van der Waals surface area contributed by atoms with Crippen LogP contribution in [0.25, 0.3) is 11.0 Å². The summed E-state index contributed by atoms with van der Waals surface area (Å²) in [5.41, 5.74) is 4.67. The first-order valence-electron chi connectivity index (χ1n) is 10.9. The summed E-state index contributed by atoms with van der Waals surface area (Å²) in [6, 6.07) is 22.7. The molecule has 0 bridgehead atoms. The van der Waals surface area contributed by atoms with Crippen LogP contribution in [0.3, 0.4) is 0 Å². The molecule has 0 spiro atoms. The van der Waals surface area contributed by atoms with Crippen molar-refractivity contribution >= 4 is 40.3 Å². The van der Waals surface area contributed by atoms with E-state index in [9.17, 15) is 14.4 Å². The van der Waals surface area contributed by atoms with Crippen LogP contribution in [0.5, 0.6) is 0 Å². The van der Waals surface area contributed by atoms with Crippen LogP contribution < -0.4 is 11.0 Å². The minimum atomic E-state index is -0.233. The number of imidazole rings is 1.